The second-order valence-electron chi connectivity index (χ2n) is 2.16. The number of alkyl halides is 1. The highest BCUT2D eigenvalue weighted by Crippen LogP contribution is 2.25. The average Bonchev–Trinajstić information content (AvgIpc) is 1.65. The number of hydrogen-bond acceptors (Lipinski definition) is 1. The van der Waals surface area contributed by atoms with Gasteiger partial charge in [0.25, 0.3) is 0 Å². The Morgan fingerprint density at radius 2 is 2.12 bits per heavy atom. The van der Waals surface area contributed by atoms with E-state index in [1.165, 1.54) is 0 Å². The van der Waals surface area contributed by atoms with Crippen LogP contribution in [0.2, 0.25) is 0 Å². The Labute approximate surface area is 54.9 Å². The van der Waals surface area contributed by atoms with E-state index in [4.69, 9.17) is 5.73 Å². The van der Waals surface area contributed by atoms with Crippen molar-refractivity contribution in [2.45, 2.75) is 18.9 Å². The van der Waals surface area contributed by atoms with Crippen LogP contribution in [0.4, 0.5) is 4.39 Å². The van der Waals surface area contributed by atoms with Crippen LogP contribution in [0.25, 0.3) is 0 Å². The van der Waals surface area contributed by atoms with Crippen molar-refractivity contribution in [1.82, 2.24) is 0 Å². The third kappa shape index (κ3) is 1.33. The molecule has 0 unspecified atom stereocenters. The minimum atomic E-state index is -0.221. The first-order chi connectivity index (χ1) is 3.34. The number of halogens is 2. The van der Waals surface area contributed by atoms with E-state index in [0.717, 1.165) is 12.8 Å². The molecule has 2 N–H and O–H groups in total. The van der Waals surface area contributed by atoms with Crippen LogP contribution in [0.1, 0.15) is 12.8 Å². The van der Waals surface area contributed by atoms with Crippen LogP contribution < -0.4 is 5.73 Å². The summed E-state index contributed by atoms with van der Waals surface area (Å²) in [5, 5.41) is 0. The second-order valence-corrected chi connectivity index (χ2v) is 2.16. The lowest BCUT2D eigenvalue weighted by Gasteiger charge is -2.30. The van der Waals surface area contributed by atoms with Gasteiger partial charge in [-0.2, -0.15) is 0 Å². The molecule has 0 heterocycles. The van der Waals surface area contributed by atoms with Crippen molar-refractivity contribution in [1.29, 1.82) is 0 Å². The van der Waals surface area contributed by atoms with Gasteiger partial charge in [0.1, 0.15) is 0 Å². The summed E-state index contributed by atoms with van der Waals surface area (Å²) in [6.45, 7) is -0.221. The molecule has 1 nitrogen and oxygen atoms in total. The largest absolute Gasteiger partial charge is 0.327 e. The minimum Gasteiger partial charge on any atom is -0.327 e. The van der Waals surface area contributed by atoms with Gasteiger partial charge in [-0.1, -0.05) is 0 Å². The van der Waals surface area contributed by atoms with Crippen LogP contribution in [0.5, 0.6) is 0 Å². The topological polar surface area (TPSA) is 26.0 Å². The molecule has 50 valence electrons. The van der Waals surface area contributed by atoms with Gasteiger partial charge in [0.15, 0.2) is 0 Å². The van der Waals surface area contributed by atoms with Gasteiger partial charge in [-0.05, 0) is 12.8 Å². The lowest BCUT2D eigenvalue weighted by atomic mass is 9.81. The number of hydrogen-bond donors (Lipinski definition) is 1. The van der Waals surface area contributed by atoms with Crippen molar-refractivity contribution in [3.63, 3.8) is 0 Å². The predicted octanol–water partition coefficient (Wildman–Crippen LogP) is 1.11. The molecule has 0 aromatic heterocycles. The van der Waals surface area contributed by atoms with Gasteiger partial charge in [-0.15, -0.1) is 12.4 Å². The normalized spacial score (nSPS) is 35.2. The molecule has 1 rings (SSSR count). The summed E-state index contributed by atoms with van der Waals surface area (Å²) >= 11 is 0. The van der Waals surface area contributed by atoms with E-state index in [9.17, 15) is 4.39 Å². The quantitative estimate of drug-likeness (QED) is 0.579. The Balaban J connectivity index is 0.000000490. The fourth-order valence-corrected chi connectivity index (χ4v) is 0.786. The molecule has 3 heteroatoms. The summed E-state index contributed by atoms with van der Waals surface area (Å²) in [7, 11) is 0. The molecule has 0 spiro atoms. The van der Waals surface area contributed by atoms with E-state index in [-0.39, 0.29) is 31.0 Å². The maximum absolute atomic E-state index is 11.6. The van der Waals surface area contributed by atoms with Crippen molar-refractivity contribution in [3.05, 3.63) is 0 Å². The molecule has 0 saturated heterocycles. The van der Waals surface area contributed by atoms with Gasteiger partial charge < -0.3 is 5.73 Å². The Kier molecular flexibility index (Phi) is 3.33. The molecule has 0 aromatic rings. The van der Waals surface area contributed by atoms with Crippen molar-refractivity contribution in [3.8, 4) is 0 Å². The Morgan fingerprint density at radius 3 is 2.12 bits per heavy atom. The van der Waals surface area contributed by atoms with E-state index in [0.29, 0.717) is 0 Å². The molecular formula is C5H11ClFN. The van der Waals surface area contributed by atoms with Crippen molar-refractivity contribution in [2.24, 2.45) is 11.7 Å². The molecule has 0 amide bonds. The molecule has 1 aliphatic carbocycles. The highest BCUT2D eigenvalue weighted by molar-refractivity contribution is 5.85. The van der Waals surface area contributed by atoms with Crippen molar-refractivity contribution < 1.29 is 4.39 Å². The SMILES string of the molecule is Cl.N[C@H]1CC[C@@H]1CF. The number of nitrogens with two attached hydrogens (primary N) is 1. The zero-order chi connectivity index (χ0) is 5.28. The zero-order valence-electron chi connectivity index (χ0n) is 4.64. The molecule has 0 radical (unpaired) electrons. The third-order valence-electron chi connectivity index (χ3n) is 1.67. The summed E-state index contributed by atoms with van der Waals surface area (Å²) in [4.78, 5) is 0. The van der Waals surface area contributed by atoms with Crippen LogP contribution >= 0.6 is 12.4 Å². The van der Waals surface area contributed by atoms with Gasteiger partial charge >= 0.3 is 0 Å². The predicted molar refractivity (Wildman–Crippen MR) is 33.9 cm³/mol. The molecular weight excluding hydrogens is 129 g/mol. The molecule has 0 aliphatic heterocycles. The van der Waals surface area contributed by atoms with E-state index in [1.54, 1.807) is 0 Å². The zero-order valence-corrected chi connectivity index (χ0v) is 5.46. The first kappa shape index (κ1) is 8.18. The van der Waals surface area contributed by atoms with Crippen LogP contribution in [0, 0.1) is 5.92 Å². The first-order valence-corrected chi connectivity index (χ1v) is 2.66. The molecule has 0 bridgehead atoms. The Bertz CT molecular complexity index is 67.4. The van der Waals surface area contributed by atoms with Gasteiger partial charge in [0.05, 0.1) is 6.67 Å². The van der Waals surface area contributed by atoms with E-state index >= 15 is 0 Å². The molecule has 1 fully saturated rings. The summed E-state index contributed by atoms with van der Waals surface area (Å²) in [5.41, 5.74) is 5.39. The van der Waals surface area contributed by atoms with E-state index < -0.39 is 0 Å². The fourth-order valence-electron chi connectivity index (χ4n) is 0.786. The second kappa shape index (κ2) is 3.25. The fraction of sp³-hybridized carbons (Fsp3) is 1.00. The summed E-state index contributed by atoms with van der Waals surface area (Å²) in [5.74, 6) is 0.194. The number of rotatable bonds is 1. The van der Waals surface area contributed by atoms with Crippen LogP contribution in [0.3, 0.4) is 0 Å². The molecule has 1 aliphatic rings. The highest BCUT2D eigenvalue weighted by atomic mass is 35.5. The third-order valence-corrected chi connectivity index (χ3v) is 1.67. The van der Waals surface area contributed by atoms with Crippen LogP contribution in [0.15, 0.2) is 0 Å². The van der Waals surface area contributed by atoms with E-state index in [2.05, 4.69) is 0 Å². The molecule has 2 atom stereocenters. The van der Waals surface area contributed by atoms with Crippen molar-refractivity contribution >= 4 is 12.4 Å². The maximum atomic E-state index is 11.6. The van der Waals surface area contributed by atoms with Gasteiger partial charge in [-0.3, -0.25) is 4.39 Å². The lowest BCUT2D eigenvalue weighted by molar-refractivity contribution is 0.202. The van der Waals surface area contributed by atoms with Crippen LogP contribution in [-0.4, -0.2) is 12.7 Å². The minimum absolute atomic E-state index is 0. The standard InChI is InChI=1S/C5H10FN.ClH/c6-3-4-1-2-5(4)7;/h4-5H,1-3,7H2;1H/t4-,5+;/m1./s1. The summed E-state index contributed by atoms with van der Waals surface area (Å²) < 4.78 is 11.6. The maximum Gasteiger partial charge on any atom is 0.0937 e. The smallest absolute Gasteiger partial charge is 0.0937 e. The first-order valence-electron chi connectivity index (χ1n) is 2.66. The highest BCUT2D eigenvalue weighted by Gasteiger charge is 2.26. The lowest BCUT2D eigenvalue weighted by Crippen LogP contribution is -2.40. The monoisotopic (exact) mass is 139 g/mol. The van der Waals surface area contributed by atoms with Gasteiger partial charge in [0.2, 0.25) is 0 Å². The van der Waals surface area contributed by atoms with Gasteiger partial charge in [-0.25, -0.2) is 0 Å². The van der Waals surface area contributed by atoms with Gasteiger partial charge in [0, 0.05) is 12.0 Å². The van der Waals surface area contributed by atoms with E-state index in [1.807, 2.05) is 0 Å². The van der Waals surface area contributed by atoms with Crippen LogP contribution in [-0.2, 0) is 0 Å². The summed E-state index contributed by atoms with van der Waals surface area (Å²) in [6, 6.07) is 0.171. The summed E-state index contributed by atoms with van der Waals surface area (Å²) in [6.07, 6.45) is 2.02. The Hall–Kier alpha value is 0.180. The average molecular weight is 140 g/mol. The van der Waals surface area contributed by atoms with Crippen molar-refractivity contribution in [2.75, 3.05) is 6.67 Å². The Morgan fingerprint density at radius 1 is 1.50 bits per heavy atom. The molecule has 8 heavy (non-hydrogen) atoms. The molecule has 0 aromatic carbocycles. The molecule has 1 saturated carbocycles.